The molecule has 1 aromatic rings. The molecule has 1 atom stereocenters. The third-order valence-corrected chi connectivity index (χ3v) is 3.77. The highest BCUT2D eigenvalue weighted by atomic mass is 35.5. The highest BCUT2D eigenvalue weighted by Gasteiger charge is 2.41. The van der Waals surface area contributed by atoms with Crippen LogP contribution in [-0.4, -0.2) is 43.8 Å². The molecule has 1 heterocycles. The summed E-state index contributed by atoms with van der Waals surface area (Å²) in [5.41, 5.74) is 0.967. The van der Waals surface area contributed by atoms with E-state index < -0.39 is 12.1 Å². The standard InChI is InChI=1S/C14H15ClF3N3/c15-12-2-1-3-13(8-12)21-6-4-20(5-7-21)10-11(9-19)14(16,17)18/h1-3,8,11H,4-7,10H2. The van der Waals surface area contributed by atoms with Crippen LogP contribution in [0.1, 0.15) is 0 Å². The zero-order valence-electron chi connectivity index (χ0n) is 11.3. The molecule has 0 N–H and O–H groups in total. The highest BCUT2D eigenvalue weighted by molar-refractivity contribution is 6.30. The fraction of sp³-hybridized carbons (Fsp3) is 0.500. The van der Waals surface area contributed by atoms with Gasteiger partial charge in [-0.3, -0.25) is 4.90 Å². The van der Waals surface area contributed by atoms with Crippen molar-refractivity contribution >= 4 is 17.3 Å². The van der Waals surface area contributed by atoms with Crippen molar-refractivity contribution in [3.05, 3.63) is 29.3 Å². The summed E-state index contributed by atoms with van der Waals surface area (Å²) in [7, 11) is 0. The lowest BCUT2D eigenvalue weighted by molar-refractivity contribution is -0.163. The van der Waals surface area contributed by atoms with Crippen LogP contribution in [0.5, 0.6) is 0 Å². The van der Waals surface area contributed by atoms with Crippen LogP contribution in [-0.2, 0) is 0 Å². The lowest BCUT2D eigenvalue weighted by Gasteiger charge is -2.37. The number of piperazine rings is 1. The second kappa shape index (κ2) is 6.54. The molecule has 0 spiro atoms. The van der Waals surface area contributed by atoms with Gasteiger partial charge in [0.25, 0.3) is 0 Å². The predicted octanol–water partition coefficient (Wildman–Crippen LogP) is 3.16. The molecule has 1 fully saturated rings. The van der Waals surface area contributed by atoms with Crippen LogP contribution in [0.4, 0.5) is 18.9 Å². The van der Waals surface area contributed by atoms with Crippen LogP contribution in [0.3, 0.4) is 0 Å². The number of hydrogen-bond acceptors (Lipinski definition) is 3. The second-order valence-corrected chi connectivity index (χ2v) is 5.43. The van der Waals surface area contributed by atoms with Crippen molar-refractivity contribution in [1.82, 2.24) is 4.90 Å². The largest absolute Gasteiger partial charge is 0.405 e. The van der Waals surface area contributed by atoms with Crippen molar-refractivity contribution in [1.29, 1.82) is 5.26 Å². The molecular weight excluding hydrogens is 303 g/mol. The van der Waals surface area contributed by atoms with E-state index in [-0.39, 0.29) is 6.54 Å². The number of halogens is 4. The van der Waals surface area contributed by atoms with E-state index in [1.165, 1.54) is 6.07 Å². The molecule has 0 saturated carbocycles. The smallest absolute Gasteiger partial charge is 0.369 e. The highest BCUT2D eigenvalue weighted by Crippen LogP contribution is 2.27. The van der Waals surface area contributed by atoms with E-state index in [1.54, 1.807) is 11.0 Å². The lowest BCUT2D eigenvalue weighted by atomic mass is 10.1. The van der Waals surface area contributed by atoms with Crippen molar-refractivity contribution in [3.8, 4) is 6.07 Å². The van der Waals surface area contributed by atoms with E-state index in [0.29, 0.717) is 31.2 Å². The van der Waals surface area contributed by atoms with E-state index in [2.05, 4.69) is 4.90 Å². The summed E-state index contributed by atoms with van der Waals surface area (Å²) in [6.45, 7) is 1.98. The van der Waals surface area contributed by atoms with E-state index in [9.17, 15) is 13.2 Å². The first-order chi connectivity index (χ1) is 9.90. The molecule has 1 aromatic carbocycles. The Morgan fingerprint density at radius 3 is 2.43 bits per heavy atom. The first-order valence-electron chi connectivity index (χ1n) is 6.59. The molecule has 3 nitrogen and oxygen atoms in total. The monoisotopic (exact) mass is 317 g/mol. The minimum absolute atomic E-state index is 0.261. The molecule has 0 aliphatic carbocycles. The Balaban J connectivity index is 1.90. The number of anilines is 1. The SMILES string of the molecule is N#CC(CN1CCN(c2cccc(Cl)c2)CC1)C(F)(F)F. The molecule has 1 aliphatic rings. The van der Waals surface area contributed by atoms with Crippen LogP contribution in [0.2, 0.25) is 5.02 Å². The summed E-state index contributed by atoms with van der Waals surface area (Å²) in [6, 6.07) is 8.73. The quantitative estimate of drug-likeness (QED) is 0.858. The Hall–Kier alpha value is -1.45. The summed E-state index contributed by atoms with van der Waals surface area (Å²) >= 11 is 5.93. The van der Waals surface area contributed by atoms with Crippen LogP contribution in [0.15, 0.2) is 24.3 Å². The third-order valence-electron chi connectivity index (χ3n) is 3.54. The van der Waals surface area contributed by atoms with Gasteiger partial charge in [0.2, 0.25) is 0 Å². The number of nitrogens with zero attached hydrogens (tertiary/aromatic N) is 3. The number of benzene rings is 1. The topological polar surface area (TPSA) is 30.3 Å². The number of hydrogen-bond donors (Lipinski definition) is 0. The van der Waals surface area contributed by atoms with Gasteiger partial charge >= 0.3 is 6.18 Å². The van der Waals surface area contributed by atoms with Gasteiger partial charge in [-0.15, -0.1) is 0 Å². The first kappa shape index (κ1) is 15.9. The van der Waals surface area contributed by atoms with E-state index in [0.717, 1.165) is 5.69 Å². The average molecular weight is 318 g/mol. The maximum absolute atomic E-state index is 12.6. The molecule has 1 unspecified atom stereocenters. The van der Waals surface area contributed by atoms with Crippen LogP contribution >= 0.6 is 11.6 Å². The van der Waals surface area contributed by atoms with E-state index in [4.69, 9.17) is 16.9 Å². The second-order valence-electron chi connectivity index (χ2n) is 4.99. The minimum Gasteiger partial charge on any atom is -0.369 e. The Bertz CT molecular complexity index is 519. The molecule has 0 bridgehead atoms. The molecule has 0 amide bonds. The summed E-state index contributed by atoms with van der Waals surface area (Å²) in [5, 5.41) is 9.27. The van der Waals surface area contributed by atoms with E-state index in [1.807, 2.05) is 18.2 Å². The van der Waals surface area contributed by atoms with Crippen LogP contribution < -0.4 is 4.90 Å². The molecule has 114 valence electrons. The molecule has 21 heavy (non-hydrogen) atoms. The summed E-state index contributed by atoms with van der Waals surface area (Å²) in [5.74, 6) is -1.92. The minimum atomic E-state index is -4.46. The van der Waals surface area contributed by atoms with Crippen LogP contribution in [0, 0.1) is 17.2 Å². The summed E-state index contributed by atoms with van der Waals surface area (Å²) < 4.78 is 37.8. The third kappa shape index (κ3) is 4.26. The maximum atomic E-state index is 12.6. The Labute approximate surface area is 126 Å². The number of nitriles is 1. The summed E-state index contributed by atoms with van der Waals surface area (Å²) in [6.07, 6.45) is -4.46. The molecule has 2 rings (SSSR count). The molecular formula is C14H15ClF3N3. The Morgan fingerprint density at radius 2 is 1.90 bits per heavy atom. The van der Waals surface area contributed by atoms with Gasteiger partial charge < -0.3 is 4.90 Å². The predicted molar refractivity (Wildman–Crippen MR) is 75.3 cm³/mol. The number of rotatable bonds is 3. The van der Waals surface area contributed by atoms with Gasteiger partial charge in [0, 0.05) is 43.4 Å². The molecule has 7 heteroatoms. The van der Waals surface area contributed by atoms with Gasteiger partial charge in [-0.1, -0.05) is 17.7 Å². The van der Waals surface area contributed by atoms with Crippen LogP contribution in [0.25, 0.3) is 0 Å². The zero-order chi connectivity index (χ0) is 15.5. The molecule has 0 aromatic heterocycles. The molecule has 0 radical (unpaired) electrons. The van der Waals surface area contributed by atoms with Crippen molar-refractivity contribution in [2.24, 2.45) is 5.92 Å². The van der Waals surface area contributed by atoms with Gasteiger partial charge in [-0.2, -0.15) is 18.4 Å². The lowest BCUT2D eigenvalue weighted by Crippen LogP contribution is -2.49. The van der Waals surface area contributed by atoms with Gasteiger partial charge in [-0.05, 0) is 18.2 Å². The van der Waals surface area contributed by atoms with E-state index >= 15 is 0 Å². The molecule has 1 aliphatic heterocycles. The van der Waals surface area contributed by atoms with Gasteiger partial charge in [0.15, 0.2) is 5.92 Å². The van der Waals surface area contributed by atoms with Gasteiger partial charge in [0.05, 0.1) is 6.07 Å². The van der Waals surface area contributed by atoms with Crippen molar-refractivity contribution in [2.45, 2.75) is 6.18 Å². The summed E-state index contributed by atoms with van der Waals surface area (Å²) in [4.78, 5) is 3.76. The number of alkyl halides is 3. The maximum Gasteiger partial charge on any atom is 0.405 e. The Kier molecular flexibility index (Phi) is 4.96. The zero-order valence-corrected chi connectivity index (χ0v) is 12.0. The van der Waals surface area contributed by atoms with Crippen molar-refractivity contribution in [2.75, 3.05) is 37.6 Å². The normalized spacial score (nSPS) is 18.3. The Morgan fingerprint density at radius 1 is 1.24 bits per heavy atom. The van der Waals surface area contributed by atoms with Gasteiger partial charge in [0.1, 0.15) is 0 Å². The fourth-order valence-corrected chi connectivity index (χ4v) is 2.52. The van der Waals surface area contributed by atoms with Crippen molar-refractivity contribution < 1.29 is 13.2 Å². The molecule has 1 saturated heterocycles. The van der Waals surface area contributed by atoms with Crippen molar-refractivity contribution in [3.63, 3.8) is 0 Å². The fourth-order valence-electron chi connectivity index (χ4n) is 2.34. The average Bonchev–Trinajstić information content (AvgIpc) is 2.44. The van der Waals surface area contributed by atoms with Gasteiger partial charge in [-0.25, -0.2) is 0 Å². The first-order valence-corrected chi connectivity index (χ1v) is 6.97.